The zero-order chi connectivity index (χ0) is 23.3. The van der Waals surface area contributed by atoms with Crippen molar-refractivity contribution in [3.8, 4) is 11.1 Å². The summed E-state index contributed by atoms with van der Waals surface area (Å²) in [6.45, 7) is 3.86. The highest BCUT2D eigenvalue weighted by atomic mass is 35.6. The number of carbonyl (C=O) groups excluding carboxylic acids is 2. The molecule has 2 aromatic carbocycles. The maximum absolute atomic E-state index is 12.8. The van der Waals surface area contributed by atoms with Gasteiger partial charge in [-0.15, -0.1) is 11.3 Å². The molecule has 3 aromatic rings. The van der Waals surface area contributed by atoms with E-state index >= 15 is 0 Å². The Morgan fingerprint density at radius 3 is 2.31 bits per heavy atom. The van der Waals surface area contributed by atoms with Crippen molar-refractivity contribution in [3.05, 3.63) is 76.7 Å². The highest BCUT2D eigenvalue weighted by Crippen LogP contribution is 2.39. The van der Waals surface area contributed by atoms with Crippen molar-refractivity contribution in [2.45, 2.75) is 23.8 Å². The van der Waals surface area contributed by atoms with Gasteiger partial charge in [0.05, 0.1) is 6.61 Å². The smallest absolute Gasteiger partial charge is 0.341 e. The molecule has 1 atom stereocenters. The molecule has 168 valence electrons. The Balaban J connectivity index is 1.94. The van der Waals surface area contributed by atoms with E-state index in [9.17, 15) is 9.59 Å². The lowest BCUT2D eigenvalue weighted by atomic mass is 10.0. The van der Waals surface area contributed by atoms with Crippen LogP contribution in [0.3, 0.4) is 0 Å². The summed E-state index contributed by atoms with van der Waals surface area (Å²) in [7, 11) is 0. The van der Waals surface area contributed by atoms with E-state index in [-0.39, 0.29) is 6.61 Å². The van der Waals surface area contributed by atoms with Crippen molar-refractivity contribution in [3.63, 3.8) is 0 Å². The fraction of sp³-hybridized carbons (Fsp3) is 0.217. The number of halogens is 3. The number of nitrogens with one attached hydrogen (secondary N) is 2. The van der Waals surface area contributed by atoms with E-state index in [4.69, 9.17) is 39.5 Å². The second-order valence-electron chi connectivity index (χ2n) is 6.90. The molecule has 0 spiro atoms. The summed E-state index contributed by atoms with van der Waals surface area (Å²) in [5.41, 5.74) is 3.27. The Hall–Kier alpha value is -2.25. The van der Waals surface area contributed by atoms with Gasteiger partial charge >= 0.3 is 5.97 Å². The predicted molar refractivity (Wildman–Crippen MR) is 132 cm³/mol. The van der Waals surface area contributed by atoms with Crippen LogP contribution >= 0.6 is 46.1 Å². The van der Waals surface area contributed by atoms with Gasteiger partial charge in [0.2, 0.25) is 3.79 Å². The first-order valence-electron chi connectivity index (χ1n) is 9.75. The van der Waals surface area contributed by atoms with Crippen molar-refractivity contribution in [2.75, 3.05) is 11.9 Å². The first-order valence-corrected chi connectivity index (χ1v) is 11.8. The molecule has 0 saturated heterocycles. The molecule has 9 heteroatoms. The molecule has 0 aliphatic carbocycles. The van der Waals surface area contributed by atoms with Crippen LogP contribution in [0.2, 0.25) is 0 Å². The average Bonchev–Trinajstić information content (AvgIpc) is 3.17. The zero-order valence-electron chi connectivity index (χ0n) is 17.3. The molecule has 1 heterocycles. The topological polar surface area (TPSA) is 67.4 Å². The summed E-state index contributed by atoms with van der Waals surface area (Å²) in [5.74, 6) is -0.936. The normalized spacial score (nSPS) is 12.2. The summed E-state index contributed by atoms with van der Waals surface area (Å²) in [5, 5.41) is 7.96. The van der Waals surface area contributed by atoms with Gasteiger partial charge in [0.15, 0.2) is 0 Å². The highest BCUT2D eigenvalue weighted by Gasteiger charge is 2.36. The molecule has 0 unspecified atom stereocenters. The molecule has 32 heavy (non-hydrogen) atoms. The van der Waals surface area contributed by atoms with Crippen molar-refractivity contribution in [1.82, 2.24) is 5.32 Å². The number of carbonyl (C=O) groups is 2. The van der Waals surface area contributed by atoms with Gasteiger partial charge in [-0.2, -0.15) is 0 Å². The van der Waals surface area contributed by atoms with E-state index in [1.54, 1.807) is 19.1 Å². The van der Waals surface area contributed by atoms with Gasteiger partial charge in [-0.05, 0) is 31.5 Å². The number of aryl methyl sites for hydroxylation is 1. The SMILES string of the molecule is CCOC(=O)c1c(-c2ccccc2)csc1N[C@H](NC(=O)c1ccc(C)cc1)C(Cl)(Cl)Cl. The summed E-state index contributed by atoms with van der Waals surface area (Å²) < 4.78 is 3.36. The first-order chi connectivity index (χ1) is 15.2. The number of alkyl halides is 3. The van der Waals surface area contributed by atoms with Crippen molar-refractivity contribution in [1.29, 1.82) is 0 Å². The van der Waals surface area contributed by atoms with Gasteiger partial charge in [0.1, 0.15) is 16.7 Å². The molecule has 0 aliphatic heterocycles. The molecule has 0 bridgehead atoms. The van der Waals surface area contributed by atoms with Crippen molar-refractivity contribution < 1.29 is 14.3 Å². The van der Waals surface area contributed by atoms with E-state index in [0.717, 1.165) is 11.1 Å². The monoisotopic (exact) mass is 510 g/mol. The number of hydrogen-bond acceptors (Lipinski definition) is 5. The summed E-state index contributed by atoms with van der Waals surface area (Å²) in [6, 6.07) is 16.4. The number of rotatable bonds is 7. The van der Waals surface area contributed by atoms with Gasteiger partial charge in [0.25, 0.3) is 5.91 Å². The van der Waals surface area contributed by atoms with Gasteiger partial charge in [-0.25, -0.2) is 4.79 Å². The molecule has 0 aliphatic rings. The molecular weight excluding hydrogens is 491 g/mol. The lowest BCUT2D eigenvalue weighted by molar-refractivity contribution is 0.0529. The van der Waals surface area contributed by atoms with Gasteiger partial charge < -0.3 is 15.4 Å². The van der Waals surface area contributed by atoms with Crippen LogP contribution in [-0.4, -0.2) is 28.4 Å². The minimum absolute atomic E-state index is 0.209. The van der Waals surface area contributed by atoms with Crippen LogP contribution in [0.4, 0.5) is 5.00 Å². The van der Waals surface area contributed by atoms with Crippen LogP contribution in [0.25, 0.3) is 11.1 Å². The highest BCUT2D eigenvalue weighted by molar-refractivity contribution is 7.15. The minimum atomic E-state index is -1.90. The third-order valence-corrected chi connectivity index (χ3v) is 6.11. The van der Waals surface area contributed by atoms with Crippen LogP contribution < -0.4 is 10.6 Å². The first kappa shape index (κ1) is 24.4. The quantitative estimate of drug-likeness (QED) is 0.218. The van der Waals surface area contributed by atoms with E-state index < -0.39 is 21.8 Å². The molecule has 0 radical (unpaired) electrons. The lowest BCUT2D eigenvalue weighted by Gasteiger charge is -2.27. The Morgan fingerprint density at radius 2 is 1.72 bits per heavy atom. The second-order valence-corrected chi connectivity index (χ2v) is 10.1. The standard InChI is InChI=1S/C23H21Cl3N2O3S/c1-3-31-21(30)18-17(15-7-5-4-6-8-15)13-32-20(18)28-22(23(24,25)26)27-19(29)16-11-9-14(2)10-12-16/h4-13,22,28H,3H2,1-2H3,(H,27,29)/t22-/m0/s1. The molecule has 5 nitrogen and oxygen atoms in total. The van der Waals surface area contributed by atoms with Crippen molar-refractivity contribution >= 4 is 63.0 Å². The minimum Gasteiger partial charge on any atom is -0.462 e. The Kier molecular flexibility index (Phi) is 8.06. The molecule has 0 fully saturated rings. The largest absolute Gasteiger partial charge is 0.462 e. The number of esters is 1. The molecule has 1 amide bonds. The molecule has 0 saturated carbocycles. The summed E-state index contributed by atoms with van der Waals surface area (Å²) >= 11 is 19.7. The Morgan fingerprint density at radius 1 is 1.06 bits per heavy atom. The van der Waals surface area contributed by atoms with Gasteiger partial charge in [0, 0.05) is 16.5 Å². The molecule has 1 aromatic heterocycles. The number of amides is 1. The average molecular weight is 512 g/mol. The summed E-state index contributed by atoms with van der Waals surface area (Å²) in [4.78, 5) is 25.5. The number of benzene rings is 2. The van der Waals surface area contributed by atoms with E-state index in [2.05, 4.69) is 10.6 Å². The fourth-order valence-corrected chi connectivity index (χ4v) is 4.26. The zero-order valence-corrected chi connectivity index (χ0v) is 20.4. The Labute approximate surface area is 205 Å². The number of thiophene rings is 1. The maximum atomic E-state index is 12.8. The second kappa shape index (κ2) is 10.6. The van der Waals surface area contributed by atoms with Crippen LogP contribution in [0.15, 0.2) is 60.0 Å². The van der Waals surface area contributed by atoms with Crippen LogP contribution in [0.1, 0.15) is 33.2 Å². The number of ether oxygens (including phenoxy) is 1. The predicted octanol–water partition coefficient (Wildman–Crippen LogP) is 6.44. The molecule has 2 N–H and O–H groups in total. The van der Waals surface area contributed by atoms with Crippen LogP contribution in [-0.2, 0) is 4.74 Å². The number of anilines is 1. The molecular formula is C23H21Cl3N2O3S. The third-order valence-electron chi connectivity index (χ3n) is 4.55. The maximum Gasteiger partial charge on any atom is 0.341 e. The van der Waals surface area contributed by atoms with E-state index in [1.165, 1.54) is 11.3 Å². The van der Waals surface area contributed by atoms with Crippen LogP contribution in [0.5, 0.6) is 0 Å². The number of hydrogen-bond donors (Lipinski definition) is 2. The molecule has 3 rings (SSSR count). The van der Waals surface area contributed by atoms with Gasteiger partial charge in [-0.3, -0.25) is 4.79 Å². The fourth-order valence-electron chi connectivity index (χ4n) is 2.95. The Bertz CT molecular complexity index is 1080. The van der Waals surface area contributed by atoms with Crippen molar-refractivity contribution in [2.24, 2.45) is 0 Å². The third kappa shape index (κ3) is 5.95. The van der Waals surface area contributed by atoms with E-state index in [0.29, 0.717) is 21.7 Å². The summed E-state index contributed by atoms with van der Waals surface area (Å²) in [6.07, 6.45) is -1.11. The van der Waals surface area contributed by atoms with Crippen LogP contribution in [0, 0.1) is 6.92 Å². The van der Waals surface area contributed by atoms with E-state index in [1.807, 2.05) is 54.8 Å². The van der Waals surface area contributed by atoms with Gasteiger partial charge in [-0.1, -0.05) is 82.8 Å². The lowest BCUT2D eigenvalue weighted by Crippen LogP contribution is -2.49.